The zero-order valence-electron chi connectivity index (χ0n) is 13.1. The number of aliphatic hydroxyl groups is 1. The third-order valence-electron chi connectivity index (χ3n) is 4.68. The number of carbonyl (C=O) groups excluding carboxylic acids is 1. The fourth-order valence-electron chi connectivity index (χ4n) is 3.71. The Balaban J connectivity index is 1.95. The molecule has 1 aliphatic carbocycles. The SMILES string of the molecule is CCC1CCC(=O)C(CN2CC(CO)OC(C)(C)C2)C1. The molecule has 2 fully saturated rings. The van der Waals surface area contributed by atoms with Gasteiger partial charge in [0, 0.05) is 32.0 Å². The fraction of sp³-hybridized carbons (Fsp3) is 0.938. The van der Waals surface area contributed by atoms with Gasteiger partial charge in [0.2, 0.25) is 0 Å². The molecule has 0 radical (unpaired) electrons. The van der Waals surface area contributed by atoms with E-state index in [-0.39, 0.29) is 24.2 Å². The highest BCUT2D eigenvalue weighted by molar-refractivity contribution is 5.81. The largest absolute Gasteiger partial charge is 0.394 e. The Bertz CT molecular complexity index is 343. The van der Waals surface area contributed by atoms with Crippen molar-refractivity contribution < 1.29 is 14.6 Å². The van der Waals surface area contributed by atoms with Gasteiger partial charge in [0.25, 0.3) is 0 Å². The monoisotopic (exact) mass is 283 g/mol. The summed E-state index contributed by atoms with van der Waals surface area (Å²) < 4.78 is 5.83. The Morgan fingerprint density at radius 3 is 2.85 bits per heavy atom. The molecular weight excluding hydrogens is 254 g/mol. The Labute approximate surface area is 122 Å². The van der Waals surface area contributed by atoms with Gasteiger partial charge in [-0.05, 0) is 32.6 Å². The molecule has 2 aliphatic rings. The summed E-state index contributed by atoms with van der Waals surface area (Å²) in [7, 11) is 0. The van der Waals surface area contributed by atoms with Crippen molar-refractivity contribution in [2.75, 3.05) is 26.2 Å². The van der Waals surface area contributed by atoms with Gasteiger partial charge >= 0.3 is 0 Å². The highest BCUT2D eigenvalue weighted by Crippen LogP contribution is 2.30. The summed E-state index contributed by atoms with van der Waals surface area (Å²) in [6.45, 7) is 8.79. The minimum Gasteiger partial charge on any atom is -0.394 e. The van der Waals surface area contributed by atoms with Gasteiger partial charge < -0.3 is 9.84 Å². The average Bonchev–Trinajstić information content (AvgIpc) is 2.39. The summed E-state index contributed by atoms with van der Waals surface area (Å²) in [5, 5.41) is 9.36. The van der Waals surface area contributed by atoms with E-state index in [1.807, 2.05) is 0 Å². The van der Waals surface area contributed by atoms with Crippen molar-refractivity contribution in [1.29, 1.82) is 0 Å². The van der Waals surface area contributed by atoms with E-state index in [9.17, 15) is 9.90 Å². The van der Waals surface area contributed by atoms with Crippen molar-refractivity contribution in [2.24, 2.45) is 11.8 Å². The number of ether oxygens (including phenoxy) is 1. The summed E-state index contributed by atoms with van der Waals surface area (Å²) in [5.74, 6) is 1.32. The number of ketones is 1. The van der Waals surface area contributed by atoms with Gasteiger partial charge in [0.05, 0.1) is 18.3 Å². The number of Topliss-reactive ketones (excluding diaryl/α,β-unsaturated/α-hetero) is 1. The first-order valence-corrected chi connectivity index (χ1v) is 7.97. The lowest BCUT2D eigenvalue weighted by Crippen LogP contribution is -2.55. The zero-order chi connectivity index (χ0) is 14.8. The van der Waals surface area contributed by atoms with E-state index in [1.165, 1.54) is 6.42 Å². The Morgan fingerprint density at radius 1 is 1.45 bits per heavy atom. The minimum atomic E-state index is -0.243. The van der Waals surface area contributed by atoms with Crippen molar-refractivity contribution in [3.8, 4) is 0 Å². The van der Waals surface area contributed by atoms with E-state index < -0.39 is 0 Å². The van der Waals surface area contributed by atoms with Crippen LogP contribution >= 0.6 is 0 Å². The van der Waals surface area contributed by atoms with E-state index in [4.69, 9.17) is 4.74 Å². The van der Waals surface area contributed by atoms with E-state index in [2.05, 4.69) is 25.7 Å². The van der Waals surface area contributed by atoms with Crippen LogP contribution in [0.5, 0.6) is 0 Å². The van der Waals surface area contributed by atoms with Crippen LogP contribution in [0.4, 0.5) is 0 Å². The van der Waals surface area contributed by atoms with Crippen LogP contribution in [0.1, 0.15) is 46.5 Å². The Kier molecular flexibility index (Phi) is 5.21. The third-order valence-corrected chi connectivity index (χ3v) is 4.68. The summed E-state index contributed by atoms with van der Waals surface area (Å²) in [4.78, 5) is 14.4. The quantitative estimate of drug-likeness (QED) is 0.855. The van der Waals surface area contributed by atoms with Crippen LogP contribution in [-0.2, 0) is 9.53 Å². The number of morpholine rings is 1. The molecule has 0 bridgehead atoms. The predicted octanol–water partition coefficient (Wildman–Crippen LogP) is 1.85. The lowest BCUT2D eigenvalue weighted by Gasteiger charge is -2.44. The number of rotatable bonds is 4. The number of aliphatic hydroxyl groups excluding tert-OH is 1. The summed E-state index contributed by atoms with van der Waals surface area (Å²) in [6, 6.07) is 0. The van der Waals surface area contributed by atoms with E-state index in [0.717, 1.165) is 38.9 Å². The van der Waals surface area contributed by atoms with Crippen LogP contribution < -0.4 is 0 Å². The maximum Gasteiger partial charge on any atom is 0.137 e. The van der Waals surface area contributed by atoms with Crippen LogP contribution in [0.2, 0.25) is 0 Å². The summed E-state index contributed by atoms with van der Waals surface area (Å²) >= 11 is 0. The topological polar surface area (TPSA) is 49.8 Å². The van der Waals surface area contributed by atoms with Crippen LogP contribution in [0.3, 0.4) is 0 Å². The molecule has 1 aliphatic heterocycles. The molecule has 3 unspecified atom stereocenters. The lowest BCUT2D eigenvalue weighted by molar-refractivity contribution is -0.154. The molecule has 0 amide bonds. The van der Waals surface area contributed by atoms with Crippen molar-refractivity contribution in [2.45, 2.75) is 58.2 Å². The minimum absolute atomic E-state index is 0.0517. The highest BCUT2D eigenvalue weighted by Gasteiger charge is 2.36. The number of hydrogen-bond donors (Lipinski definition) is 1. The normalized spacial score (nSPS) is 35.2. The fourth-order valence-corrected chi connectivity index (χ4v) is 3.71. The van der Waals surface area contributed by atoms with E-state index >= 15 is 0 Å². The maximum atomic E-state index is 12.1. The lowest BCUT2D eigenvalue weighted by atomic mass is 9.79. The maximum absolute atomic E-state index is 12.1. The molecule has 4 heteroatoms. The van der Waals surface area contributed by atoms with E-state index in [0.29, 0.717) is 11.7 Å². The Morgan fingerprint density at radius 2 is 2.20 bits per heavy atom. The first-order valence-electron chi connectivity index (χ1n) is 7.97. The van der Waals surface area contributed by atoms with Gasteiger partial charge in [-0.1, -0.05) is 13.3 Å². The molecule has 0 spiro atoms. The molecule has 0 aromatic rings. The summed E-state index contributed by atoms with van der Waals surface area (Å²) in [6.07, 6.45) is 3.91. The smallest absolute Gasteiger partial charge is 0.137 e. The molecule has 3 atom stereocenters. The number of nitrogens with zero attached hydrogens (tertiary/aromatic N) is 1. The number of carbonyl (C=O) groups is 1. The second-order valence-corrected chi connectivity index (χ2v) is 7.09. The molecule has 1 heterocycles. The van der Waals surface area contributed by atoms with Crippen molar-refractivity contribution in [3.05, 3.63) is 0 Å². The average molecular weight is 283 g/mol. The van der Waals surface area contributed by atoms with Crippen LogP contribution in [0.15, 0.2) is 0 Å². The van der Waals surface area contributed by atoms with Crippen molar-refractivity contribution in [3.63, 3.8) is 0 Å². The molecule has 116 valence electrons. The molecule has 2 rings (SSSR count). The molecule has 20 heavy (non-hydrogen) atoms. The van der Waals surface area contributed by atoms with Crippen LogP contribution in [0.25, 0.3) is 0 Å². The molecule has 1 saturated heterocycles. The molecule has 1 N–H and O–H groups in total. The molecule has 0 aromatic heterocycles. The molecule has 1 saturated carbocycles. The van der Waals surface area contributed by atoms with Gasteiger partial charge in [-0.2, -0.15) is 0 Å². The third kappa shape index (κ3) is 4.03. The van der Waals surface area contributed by atoms with Crippen LogP contribution in [-0.4, -0.2) is 53.7 Å². The molecule has 0 aromatic carbocycles. The van der Waals surface area contributed by atoms with Gasteiger partial charge in [-0.15, -0.1) is 0 Å². The Hall–Kier alpha value is -0.450. The van der Waals surface area contributed by atoms with E-state index in [1.54, 1.807) is 0 Å². The summed E-state index contributed by atoms with van der Waals surface area (Å²) in [5.41, 5.74) is -0.243. The predicted molar refractivity (Wildman–Crippen MR) is 78.6 cm³/mol. The zero-order valence-corrected chi connectivity index (χ0v) is 13.1. The van der Waals surface area contributed by atoms with Crippen LogP contribution in [0, 0.1) is 11.8 Å². The second kappa shape index (κ2) is 6.54. The van der Waals surface area contributed by atoms with Crippen molar-refractivity contribution >= 4 is 5.78 Å². The highest BCUT2D eigenvalue weighted by atomic mass is 16.5. The van der Waals surface area contributed by atoms with Gasteiger partial charge in [-0.25, -0.2) is 0 Å². The van der Waals surface area contributed by atoms with Gasteiger partial charge in [-0.3, -0.25) is 9.69 Å². The van der Waals surface area contributed by atoms with Gasteiger partial charge in [0.1, 0.15) is 5.78 Å². The first-order chi connectivity index (χ1) is 9.43. The molecular formula is C16H29NO3. The second-order valence-electron chi connectivity index (χ2n) is 7.09. The number of hydrogen-bond acceptors (Lipinski definition) is 4. The standard InChI is InChI=1S/C16H29NO3/c1-4-12-5-6-15(19)13(7-12)8-17-9-14(10-18)20-16(2,3)11-17/h12-14,18H,4-11H2,1-3H3. The van der Waals surface area contributed by atoms with Gasteiger partial charge in [0.15, 0.2) is 0 Å². The first kappa shape index (κ1) is 15.9. The molecule has 4 nitrogen and oxygen atoms in total. The van der Waals surface area contributed by atoms with Crippen molar-refractivity contribution in [1.82, 2.24) is 4.90 Å².